The van der Waals surface area contributed by atoms with Gasteiger partial charge in [0.2, 0.25) is 0 Å². The van der Waals surface area contributed by atoms with Crippen LogP contribution in [0, 0.1) is 5.92 Å². The Hall–Kier alpha value is -1.99. The predicted molar refractivity (Wildman–Crippen MR) is 104 cm³/mol. The van der Waals surface area contributed by atoms with E-state index in [4.69, 9.17) is 23.0 Å². The van der Waals surface area contributed by atoms with Crippen molar-refractivity contribution in [3.63, 3.8) is 0 Å². The number of carbonyl (C=O) groups excluding carboxylic acids is 1. The van der Waals surface area contributed by atoms with Gasteiger partial charge in [0, 0.05) is 12.6 Å². The molecular formula is C18H24F3N2O9P. The highest BCUT2D eigenvalue weighted by molar-refractivity contribution is 7.48. The number of hydrogen-bond acceptors (Lipinski definition) is 9. The molecule has 33 heavy (non-hydrogen) atoms. The lowest BCUT2D eigenvalue weighted by Gasteiger charge is -2.30. The molecule has 0 aliphatic carbocycles. The van der Waals surface area contributed by atoms with Gasteiger partial charge in [-0.25, -0.2) is 9.36 Å². The number of phosphoric ester groups is 1. The van der Waals surface area contributed by atoms with Gasteiger partial charge in [0.25, 0.3) is 5.56 Å². The Morgan fingerprint density at radius 1 is 1.30 bits per heavy atom. The highest BCUT2D eigenvalue weighted by atomic mass is 31.2. The predicted octanol–water partition coefficient (Wildman–Crippen LogP) is 2.36. The van der Waals surface area contributed by atoms with Crippen LogP contribution in [0.15, 0.2) is 15.8 Å². The number of aromatic amines is 1. The Labute approximate surface area is 185 Å². The lowest BCUT2D eigenvalue weighted by molar-refractivity contribution is -0.152. The quantitative estimate of drug-likeness (QED) is 0.442. The van der Waals surface area contributed by atoms with Crippen LogP contribution in [0.25, 0.3) is 0 Å². The summed E-state index contributed by atoms with van der Waals surface area (Å²) in [5.74, 6) is -0.959. The Balaban J connectivity index is 1.62. The molecule has 186 valence electrons. The number of H-pyrrole nitrogens is 1. The highest BCUT2D eigenvalue weighted by Crippen LogP contribution is 2.56. The van der Waals surface area contributed by atoms with Crippen molar-refractivity contribution in [2.45, 2.75) is 64.3 Å². The Bertz CT molecular complexity index is 1040. The topological polar surface area (TPSA) is 135 Å². The summed E-state index contributed by atoms with van der Waals surface area (Å²) in [6, 6.07) is 0. The average Bonchev–Trinajstić information content (AvgIpc) is 3.08. The zero-order valence-electron chi connectivity index (χ0n) is 18.0. The molecule has 5 atom stereocenters. The van der Waals surface area contributed by atoms with Gasteiger partial charge in [-0.3, -0.25) is 32.7 Å². The summed E-state index contributed by atoms with van der Waals surface area (Å²) in [6.45, 7) is 4.65. The zero-order valence-corrected chi connectivity index (χ0v) is 18.9. The van der Waals surface area contributed by atoms with Crippen molar-refractivity contribution in [3.05, 3.63) is 32.6 Å². The van der Waals surface area contributed by atoms with Crippen LogP contribution in [0.1, 0.15) is 45.4 Å². The average molecular weight is 500 g/mol. The number of nitrogens with zero attached hydrogens (tertiary/aromatic N) is 1. The first kappa shape index (κ1) is 25.6. The summed E-state index contributed by atoms with van der Waals surface area (Å²) in [5, 5.41) is 0. The largest absolute Gasteiger partial charge is 0.475 e. The number of aromatic nitrogens is 2. The highest BCUT2D eigenvalue weighted by Gasteiger charge is 2.48. The number of nitrogens with one attached hydrogen (secondary N) is 1. The molecule has 2 saturated heterocycles. The van der Waals surface area contributed by atoms with Crippen molar-refractivity contribution in [1.29, 1.82) is 0 Å². The van der Waals surface area contributed by atoms with E-state index in [1.165, 1.54) is 0 Å². The molecule has 11 nitrogen and oxygen atoms in total. The Morgan fingerprint density at radius 3 is 2.64 bits per heavy atom. The van der Waals surface area contributed by atoms with E-state index in [2.05, 4.69) is 0 Å². The zero-order chi connectivity index (χ0) is 24.6. The van der Waals surface area contributed by atoms with Gasteiger partial charge in [-0.2, -0.15) is 13.2 Å². The second-order valence-corrected chi connectivity index (χ2v) is 9.59. The first-order valence-corrected chi connectivity index (χ1v) is 11.6. The maximum atomic E-state index is 13.0. The Kier molecular flexibility index (Phi) is 7.54. The summed E-state index contributed by atoms with van der Waals surface area (Å²) in [6.07, 6.45) is -7.77. The molecule has 1 aromatic heterocycles. The molecule has 0 amide bonds. The SMILES string of the molecule is CC(C)OC(=O)C(C)CCO[P@]1(=O)OC[C@H]2O[C@@H](n3cc(C(F)(F)F)c(=O)[nH]c3=O)C[C@@H]2O1. The molecule has 1 unspecified atom stereocenters. The molecule has 0 aromatic carbocycles. The number of phosphoric acid groups is 1. The van der Waals surface area contributed by atoms with Crippen molar-refractivity contribution >= 4 is 13.8 Å². The van der Waals surface area contributed by atoms with Crippen LogP contribution in [-0.2, 0) is 38.6 Å². The van der Waals surface area contributed by atoms with Crippen LogP contribution < -0.4 is 11.2 Å². The summed E-state index contributed by atoms with van der Waals surface area (Å²) in [7, 11) is -4.03. The Morgan fingerprint density at radius 2 is 2.00 bits per heavy atom. The van der Waals surface area contributed by atoms with Gasteiger partial charge in [-0.05, 0) is 20.3 Å². The van der Waals surface area contributed by atoms with Gasteiger partial charge in [-0.1, -0.05) is 6.92 Å². The van der Waals surface area contributed by atoms with Crippen LogP contribution in [0.2, 0.25) is 0 Å². The van der Waals surface area contributed by atoms with Crippen molar-refractivity contribution in [2.75, 3.05) is 13.2 Å². The maximum Gasteiger partial charge on any atom is 0.475 e. The molecule has 15 heteroatoms. The minimum absolute atomic E-state index is 0.137. The van der Waals surface area contributed by atoms with Gasteiger partial charge in [0.1, 0.15) is 24.0 Å². The number of rotatable bonds is 7. The normalized spacial score (nSPS) is 28.5. The number of carbonyl (C=O) groups is 1. The summed E-state index contributed by atoms with van der Waals surface area (Å²) < 4.78 is 78.8. The molecule has 0 bridgehead atoms. The van der Waals surface area contributed by atoms with Crippen molar-refractivity contribution in [1.82, 2.24) is 9.55 Å². The number of alkyl halides is 3. The van der Waals surface area contributed by atoms with Gasteiger partial charge in [-0.15, -0.1) is 0 Å². The van der Waals surface area contributed by atoms with E-state index in [1.54, 1.807) is 25.8 Å². The first-order chi connectivity index (χ1) is 15.3. The van der Waals surface area contributed by atoms with E-state index in [-0.39, 0.29) is 32.2 Å². The van der Waals surface area contributed by atoms with Crippen LogP contribution >= 0.6 is 7.82 Å². The number of halogens is 3. The molecule has 1 aromatic rings. The molecule has 1 N–H and O–H groups in total. The fourth-order valence-corrected chi connectivity index (χ4v) is 4.68. The van der Waals surface area contributed by atoms with Crippen LogP contribution in [0.4, 0.5) is 13.2 Å². The molecular weight excluding hydrogens is 476 g/mol. The van der Waals surface area contributed by atoms with Gasteiger partial charge in [0.05, 0.1) is 25.2 Å². The van der Waals surface area contributed by atoms with Crippen molar-refractivity contribution in [2.24, 2.45) is 5.92 Å². The molecule has 0 saturated carbocycles. The summed E-state index contributed by atoms with van der Waals surface area (Å²) >= 11 is 0. The smallest absolute Gasteiger partial charge is 0.463 e. The fraction of sp³-hybridized carbons (Fsp3) is 0.722. The van der Waals surface area contributed by atoms with Crippen LogP contribution in [0.5, 0.6) is 0 Å². The third-order valence-corrected chi connectivity index (χ3v) is 6.47. The molecule has 2 fully saturated rings. The monoisotopic (exact) mass is 500 g/mol. The first-order valence-electron chi connectivity index (χ1n) is 10.1. The molecule has 2 aliphatic rings. The lowest BCUT2D eigenvalue weighted by atomic mass is 10.1. The third kappa shape index (κ3) is 6.12. The molecule has 3 heterocycles. The van der Waals surface area contributed by atoms with Crippen molar-refractivity contribution in [3.8, 4) is 0 Å². The van der Waals surface area contributed by atoms with Gasteiger partial charge >= 0.3 is 25.7 Å². The fourth-order valence-electron chi connectivity index (χ4n) is 3.27. The maximum absolute atomic E-state index is 13.0. The minimum Gasteiger partial charge on any atom is -0.463 e. The van der Waals surface area contributed by atoms with E-state index in [9.17, 15) is 32.1 Å². The molecule has 0 spiro atoms. The number of esters is 1. The number of hydrogen-bond donors (Lipinski definition) is 1. The van der Waals surface area contributed by atoms with Crippen LogP contribution in [-0.4, -0.2) is 47.0 Å². The van der Waals surface area contributed by atoms with E-state index in [0.717, 1.165) is 0 Å². The van der Waals surface area contributed by atoms with E-state index >= 15 is 0 Å². The second kappa shape index (κ2) is 9.71. The molecule has 0 radical (unpaired) electrons. The van der Waals surface area contributed by atoms with Crippen LogP contribution in [0.3, 0.4) is 0 Å². The minimum atomic E-state index is -4.98. The molecule has 3 rings (SSSR count). The number of fused-ring (bicyclic) bond motifs is 1. The molecule has 2 aliphatic heterocycles. The standard InChI is InChI=1S/C18H24F3N2O9P/c1-9(2)30-16(25)10(3)4-5-28-33(27)29-8-13-12(32-33)6-14(31-13)23-7-11(18(19,20)21)15(24)22-17(23)26/h7,9-10,12-14H,4-6,8H2,1-3H3,(H,22,24,26)/t10?,12-,13+,14+,33+/m0/s1. The van der Waals surface area contributed by atoms with E-state index < -0.39 is 61.1 Å². The van der Waals surface area contributed by atoms with Gasteiger partial charge in [0.15, 0.2) is 0 Å². The van der Waals surface area contributed by atoms with Crippen molar-refractivity contribution < 1.29 is 45.6 Å². The summed E-state index contributed by atoms with van der Waals surface area (Å²) in [5.41, 5.74) is -4.22. The third-order valence-electron chi connectivity index (χ3n) is 4.98. The van der Waals surface area contributed by atoms with Gasteiger partial charge < -0.3 is 9.47 Å². The number of ether oxygens (including phenoxy) is 2. The lowest BCUT2D eigenvalue weighted by Crippen LogP contribution is -2.36. The second-order valence-electron chi connectivity index (χ2n) is 7.97. The van der Waals surface area contributed by atoms with E-state index in [1.807, 2.05) is 0 Å². The van der Waals surface area contributed by atoms with E-state index in [0.29, 0.717) is 10.8 Å². The summed E-state index contributed by atoms with van der Waals surface area (Å²) in [4.78, 5) is 36.9.